The molecule has 1 unspecified atom stereocenters. The molecule has 1 saturated heterocycles. The van der Waals surface area contributed by atoms with Gasteiger partial charge in [-0.25, -0.2) is 0 Å². The molecule has 1 rings (SSSR count). The quantitative estimate of drug-likeness (QED) is 0.612. The maximum atomic E-state index is 5.65. The van der Waals surface area contributed by atoms with Crippen molar-refractivity contribution in [2.24, 2.45) is 11.7 Å². The molecule has 0 amide bonds. The van der Waals surface area contributed by atoms with Crippen molar-refractivity contribution in [1.82, 2.24) is 5.32 Å². The largest absolute Gasteiger partial charge is 0.328 e. The predicted molar refractivity (Wildman–Crippen MR) is 56.6 cm³/mol. The molecule has 0 aromatic rings. The lowest BCUT2D eigenvalue weighted by Crippen LogP contribution is -2.42. The number of rotatable bonds is 6. The molecule has 1 fully saturated rings. The van der Waals surface area contributed by atoms with Gasteiger partial charge in [0.1, 0.15) is 0 Å². The second kappa shape index (κ2) is 5.84. The van der Waals surface area contributed by atoms with Crippen LogP contribution in [0.25, 0.3) is 0 Å². The average molecular weight is 188 g/mol. The zero-order valence-electron chi connectivity index (χ0n) is 7.88. The topological polar surface area (TPSA) is 38.0 Å². The number of thioether (sulfide) groups is 1. The summed E-state index contributed by atoms with van der Waals surface area (Å²) in [5, 5.41) is 3.29. The van der Waals surface area contributed by atoms with Crippen molar-refractivity contribution in [3.63, 3.8) is 0 Å². The molecule has 1 aliphatic rings. The number of hydrogen-bond donors (Lipinski definition) is 2. The monoisotopic (exact) mass is 188 g/mol. The van der Waals surface area contributed by atoms with Crippen molar-refractivity contribution >= 4 is 11.8 Å². The SMILES string of the molecule is CC(N)CCSCCC1CNC1. The lowest BCUT2D eigenvalue weighted by molar-refractivity contribution is 0.341. The third-order valence-corrected chi connectivity index (χ3v) is 3.30. The van der Waals surface area contributed by atoms with Gasteiger partial charge in [0.05, 0.1) is 0 Å². The molecular weight excluding hydrogens is 168 g/mol. The zero-order chi connectivity index (χ0) is 8.81. The summed E-state index contributed by atoms with van der Waals surface area (Å²) >= 11 is 2.05. The number of nitrogens with one attached hydrogen (secondary N) is 1. The van der Waals surface area contributed by atoms with E-state index in [4.69, 9.17) is 5.73 Å². The Morgan fingerprint density at radius 3 is 2.75 bits per heavy atom. The second-order valence-corrected chi connectivity index (χ2v) is 4.92. The Morgan fingerprint density at radius 2 is 2.25 bits per heavy atom. The van der Waals surface area contributed by atoms with Crippen LogP contribution in [0, 0.1) is 5.92 Å². The first-order valence-corrected chi connectivity index (χ1v) is 5.98. The van der Waals surface area contributed by atoms with E-state index in [9.17, 15) is 0 Å². The van der Waals surface area contributed by atoms with Gasteiger partial charge in [-0.05, 0) is 50.3 Å². The third kappa shape index (κ3) is 4.33. The van der Waals surface area contributed by atoms with Gasteiger partial charge in [-0.3, -0.25) is 0 Å². The Labute approximate surface area is 79.7 Å². The van der Waals surface area contributed by atoms with E-state index in [1.165, 1.54) is 31.0 Å². The highest BCUT2D eigenvalue weighted by Gasteiger charge is 2.15. The summed E-state index contributed by atoms with van der Waals surface area (Å²) in [7, 11) is 0. The fourth-order valence-electron chi connectivity index (χ4n) is 1.17. The molecular formula is C9H20N2S. The fourth-order valence-corrected chi connectivity index (χ4v) is 2.42. The minimum atomic E-state index is 0.378. The van der Waals surface area contributed by atoms with E-state index in [1.54, 1.807) is 0 Å². The average Bonchev–Trinajstić information content (AvgIpc) is 1.92. The summed E-state index contributed by atoms with van der Waals surface area (Å²) < 4.78 is 0. The maximum Gasteiger partial charge on any atom is 0.00183 e. The molecule has 0 radical (unpaired) electrons. The van der Waals surface area contributed by atoms with Crippen LogP contribution in [0.3, 0.4) is 0 Å². The molecule has 1 heterocycles. The minimum absolute atomic E-state index is 0.378. The van der Waals surface area contributed by atoms with Gasteiger partial charge in [-0.1, -0.05) is 0 Å². The van der Waals surface area contributed by atoms with Crippen LogP contribution in [0.4, 0.5) is 0 Å². The molecule has 0 aromatic carbocycles. The van der Waals surface area contributed by atoms with Crippen molar-refractivity contribution in [3.8, 4) is 0 Å². The molecule has 0 bridgehead atoms. The van der Waals surface area contributed by atoms with Gasteiger partial charge in [-0.15, -0.1) is 0 Å². The summed E-state index contributed by atoms with van der Waals surface area (Å²) in [4.78, 5) is 0. The molecule has 2 nitrogen and oxygen atoms in total. The molecule has 3 N–H and O–H groups in total. The van der Waals surface area contributed by atoms with E-state index in [0.717, 1.165) is 12.3 Å². The summed E-state index contributed by atoms with van der Waals surface area (Å²) in [5.41, 5.74) is 5.65. The molecule has 12 heavy (non-hydrogen) atoms. The van der Waals surface area contributed by atoms with Crippen LogP contribution in [-0.2, 0) is 0 Å². The van der Waals surface area contributed by atoms with Gasteiger partial charge in [0.25, 0.3) is 0 Å². The zero-order valence-corrected chi connectivity index (χ0v) is 8.70. The van der Waals surface area contributed by atoms with Crippen molar-refractivity contribution in [2.75, 3.05) is 24.6 Å². The van der Waals surface area contributed by atoms with Crippen LogP contribution >= 0.6 is 11.8 Å². The third-order valence-electron chi connectivity index (χ3n) is 2.25. The summed E-state index contributed by atoms with van der Waals surface area (Å²) in [6.45, 7) is 4.57. The van der Waals surface area contributed by atoms with E-state index in [2.05, 4.69) is 24.0 Å². The standard InChI is InChI=1S/C9H20N2S/c1-8(10)2-4-12-5-3-9-6-11-7-9/h8-9,11H,2-7,10H2,1H3. The minimum Gasteiger partial charge on any atom is -0.328 e. The molecule has 0 spiro atoms. The number of hydrogen-bond acceptors (Lipinski definition) is 3. The normalized spacial score (nSPS) is 20.5. The van der Waals surface area contributed by atoms with E-state index in [-0.39, 0.29) is 0 Å². The van der Waals surface area contributed by atoms with Crippen LogP contribution in [0.15, 0.2) is 0 Å². The van der Waals surface area contributed by atoms with Gasteiger partial charge >= 0.3 is 0 Å². The van der Waals surface area contributed by atoms with Gasteiger partial charge in [-0.2, -0.15) is 11.8 Å². The molecule has 0 aliphatic carbocycles. The first-order valence-electron chi connectivity index (χ1n) is 4.83. The fraction of sp³-hybridized carbons (Fsp3) is 1.00. The Bertz CT molecular complexity index is 113. The lowest BCUT2D eigenvalue weighted by Gasteiger charge is -2.26. The highest BCUT2D eigenvalue weighted by Crippen LogP contribution is 2.13. The van der Waals surface area contributed by atoms with E-state index >= 15 is 0 Å². The first-order chi connectivity index (χ1) is 5.79. The smallest absolute Gasteiger partial charge is 0.00183 e. The molecule has 1 atom stereocenters. The van der Waals surface area contributed by atoms with Gasteiger partial charge < -0.3 is 11.1 Å². The molecule has 3 heteroatoms. The molecule has 1 aliphatic heterocycles. The van der Waals surface area contributed by atoms with Crippen LogP contribution in [-0.4, -0.2) is 30.6 Å². The highest BCUT2D eigenvalue weighted by atomic mass is 32.2. The van der Waals surface area contributed by atoms with Crippen LogP contribution in [0.5, 0.6) is 0 Å². The Morgan fingerprint density at radius 1 is 1.50 bits per heavy atom. The Hall–Kier alpha value is 0.270. The van der Waals surface area contributed by atoms with Gasteiger partial charge in [0, 0.05) is 6.04 Å². The molecule has 72 valence electrons. The molecule has 0 saturated carbocycles. The second-order valence-electron chi connectivity index (χ2n) is 3.69. The van der Waals surface area contributed by atoms with Gasteiger partial charge in [0.15, 0.2) is 0 Å². The van der Waals surface area contributed by atoms with E-state index in [0.29, 0.717) is 6.04 Å². The predicted octanol–water partition coefficient (Wildman–Crippen LogP) is 1.07. The van der Waals surface area contributed by atoms with Crippen LogP contribution in [0.2, 0.25) is 0 Å². The number of nitrogens with two attached hydrogens (primary N) is 1. The van der Waals surface area contributed by atoms with Crippen molar-refractivity contribution in [1.29, 1.82) is 0 Å². The lowest BCUT2D eigenvalue weighted by atomic mass is 10.0. The van der Waals surface area contributed by atoms with Crippen LogP contribution < -0.4 is 11.1 Å². The van der Waals surface area contributed by atoms with Gasteiger partial charge in [0.2, 0.25) is 0 Å². The van der Waals surface area contributed by atoms with Crippen LogP contribution in [0.1, 0.15) is 19.8 Å². The van der Waals surface area contributed by atoms with Crippen molar-refractivity contribution in [3.05, 3.63) is 0 Å². The molecule has 0 aromatic heterocycles. The van der Waals surface area contributed by atoms with E-state index < -0.39 is 0 Å². The van der Waals surface area contributed by atoms with E-state index in [1.807, 2.05) is 0 Å². The van der Waals surface area contributed by atoms with Crippen molar-refractivity contribution in [2.45, 2.75) is 25.8 Å². The summed E-state index contributed by atoms with van der Waals surface area (Å²) in [6.07, 6.45) is 2.55. The first kappa shape index (κ1) is 10.4. The van der Waals surface area contributed by atoms with Crippen molar-refractivity contribution < 1.29 is 0 Å². The highest BCUT2D eigenvalue weighted by molar-refractivity contribution is 7.99. The Balaban J connectivity index is 1.76. The maximum absolute atomic E-state index is 5.65. The summed E-state index contributed by atoms with van der Waals surface area (Å²) in [5.74, 6) is 3.52. The Kier molecular flexibility index (Phi) is 5.04. The summed E-state index contributed by atoms with van der Waals surface area (Å²) in [6, 6.07) is 0.378.